The van der Waals surface area contributed by atoms with Gasteiger partial charge in [0.2, 0.25) is 0 Å². The zero-order valence-electron chi connectivity index (χ0n) is 10.7. The van der Waals surface area contributed by atoms with E-state index in [1.165, 1.54) is 7.11 Å². The molecule has 4 nitrogen and oxygen atoms in total. The van der Waals surface area contributed by atoms with E-state index in [4.69, 9.17) is 4.74 Å². The lowest BCUT2D eigenvalue weighted by atomic mass is 9.97. The second-order valence-electron chi connectivity index (χ2n) is 5.06. The molecule has 0 aliphatic carbocycles. The number of rotatable bonds is 1. The van der Waals surface area contributed by atoms with Crippen LogP contribution in [0, 0.1) is 0 Å². The molecule has 1 aromatic carbocycles. The molecule has 4 heteroatoms. The van der Waals surface area contributed by atoms with E-state index in [0.717, 1.165) is 17.9 Å². The highest BCUT2D eigenvalue weighted by Gasteiger charge is 2.30. The number of hydrogen-bond donors (Lipinski definition) is 1. The third kappa shape index (κ3) is 2.07. The summed E-state index contributed by atoms with van der Waals surface area (Å²) in [5, 5.41) is 3.41. The first-order valence-corrected chi connectivity index (χ1v) is 5.65. The summed E-state index contributed by atoms with van der Waals surface area (Å²) in [6.07, 6.45) is 0. The van der Waals surface area contributed by atoms with Crippen LogP contribution in [0.5, 0.6) is 0 Å². The first-order valence-electron chi connectivity index (χ1n) is 5.65. The first-order chi connectivity index (χ1) is 7.94. The number of nitrogens with zero attached hydrogens (tertiary/aromatic N) is 1. The van der Waals surface area contributed by atoms with Gasteiger partial charge in [0, 0.05) is 19.1 Å². The molecule has 1 heterocycles. The minimum atomic E-state index is -0.305. The number of carbonyl (C=O) groups excluding carboxylic acids is 1. The molecule has 0 unspecified atom stereocenters. The van der Waals surface area contributed by atoms with E-state index in [2.05, 4.69) is 24.1 Å². The lowest BCUT2D eigenvalue weighted by Gasteiger charge is -2.40. The number of benzene rings is 1. The van der Waals surface area contributed by atoms with E-state index < -0.39 is 0 Å². The summed E-state index contributed by atoms with van der Waals surface area (Å²) in [5.41, 5.74) is 2.42. The van der Waals surface area contributed by atoms with Gasteiger partial charge in [0.25, 0.3) is 0 Å². The van der Waals surface area contributed by atoms with Crippen molar-refractivity contribution in [2.45, 2.75) is 19.4 Å². The Balaban J connectivity index is 2.53. The second-order valence-corrected chi connectivity index (χ2v) is 5.06. The number of para-hydroxylation sites is 1. The molecular formula is C13H18N2O2. The monoisotopic (exact) mass is 234 g/mol. The molecule has 2 rings (SSSR count). The van der Waals surface area contributed by atoms with Gasteiger partial charge in [0.05, 0.1) is 24.0 Å². The number of anilines is 2. The Morgan fingerprint density at radius 1 is 1.47 bits per heavy atom. The summed E-state index contributed by atoms with van der Waals surface area (Å²) in [5.74, 6) is -0.305. The Labute approximate surface area is 102 Å². The van der Waals surface area contributed by atoms with Crippen molar-refractivity contribution in [2.24, 2.45) is 0 Å². The Hall–Kier alpha value is -1.71. The van der Waals surface area contributed by atoms with Crippen molar-refractivity contribution in [3.8, 4) is 0 Å². The van der Waals surface area contributed by atoms with Gasteiger partial charge in [0.1, 0.15) is 0 Å². The lowest BCUT2D eigenvalue weighted by molar-refractivity contribution is 0.0601. The molecule has 0 fully saturated rings. The smallest absolute Gasteiger partial charge is 0.340 e. The number of likely N-dealkylation sites (N-methyl/N-ethyl adjacent to an activating group) is 1. The Bertz CT molecular complexity index is 455. The number of methoxy groups -OCH3 is 1. The van der Waals surface area contributed by atoms with Crippen LogP contribution in [0.4, 0.5) is 11.4 Å². The summed E-state index contributed by atoms with van der Waals surface area (Å²) in [6, 6.07) is 5.67. The average molecular weight is 234 g/mol. The van der Waals surface area contributed by atoms with Gasteiger partial charge in [-0.1, -0.05) is 6.07 Å². The summed E-state index contributed by atoms with van der Waals surface area (Å²) >= 11 is 0. The second kappa shape index (κ2) is 3.95. The third-order valence-electron chi connectivity index (χ3n) is 2.95. The van der Waals surface area contributed by atoms with E-state index in [1.54, 1.807) is 6.07 Å². The maximum atomic E-state index is 11.7. The third-order valence-corrected chi connectivity index (χ3v) is 2.95. The van der Waals surface area contributed by atoms with Gasteiger partial charge in [-0.15, -0.1) is 0 Å². The largest absolute Gasteiger partial charge is 0.465 e. The topological polar surface area (TPSA) is 41.6 Å². The van der Waals surface area contributed by atoms with Crippen LogP contribution in [-0.2, 0) is 4.74 Å². The molecule has 0 saturated carbocycles. The Morgan fingerprint density at radius 3 is 2.82 bits per heavy atom. The molecule has 92 valence electrons. The van der Waals surface area contributed by atoms with Crippen LogP contribution in [0.3, 0.4) is 0 Å². The number of fused-ring (bicyclic) bond motifs is 1. The maximum Gasteiger partial charge on any atom is 0.340 e. The van der Waals surface area contributed by atoms with Gasteiger partial charge < -0.3 is 15.0 Å². The van der Waals surface area contributed by atoms with Crippen LogP contribution in [-0.4, -0.2) is 32.2 Å². The summed E-state index contributed by atoms with van der Waals surface area (Å²) in [7, 11) is 3.43. The zero-order valence-corrected chi connectivity index (χ0v) is 10.7. The molecule has 0 saturated heterocycles. The van der Waals surface area contributed by atoms with Crippen molar-refractivity contribution in [2.75, 3.05) is 30.9 Å². The molecule has 0 spiro atoms. The number of esters is 1. The highest BCUT2D eigenvalue weighted by atomic mass is 16.5. The molecular weight excluding hydrogens is 216 g/mol. The van der Waals surface area contributed by atoms with Gasteiger partial charge in [-0.2, -0.15) is 0 Å². The quantitative estimate of drug-likeness (QED) is 0.756. The van der Waals surface area contributed by atoms with Crippen molar-refractivity contribution in [1.29, 1.82) is 0 Å². The van der Waals surface area contributed by atoms with Crippen molar-refractivity contribution in [3.63, 3.8) is 0 Å². The van der Waals surface area contributed by atoms with Gasteiger partial charge in [-0.25, -0.2) is 4.79 Å². The molecule has 1 aliphatic rings. The fourth-order valence-electron chi connectivity index (χ4n) is 2.33. The normalized spacial score (nSPS) is 17.1. The van der Waals surface area contributed by atoms with Crippen LogP contribution in [0.2, 0.25) is 0 Å². The van der Waals surface area contributed by atoms with Crippen molar-refractivity contribution in [1.82, 2.24) is 0 Å². The van der Waals surface area contributed by atoms with E-state index in [0.29, 0.717) is 5.56 Å². The van der Waals surface area contributed by atoms with Crippen LogP contribution in [0.25, 0.3) is 0 Å². The molecule has 0 aromatic heterocycles. The van der Waals surface area contributed by atoms with E-state index in [-0.39, 0.29) is 11.5 Å². The van der Waals surface area contributed by atoms with Crippen molar-refractivity contribution < 1.29 is 9.53 Å². The fraction of sp³-hybridized carbons (Fsp3) is 0.462. The summed E-state index contributed by atoms with van der Waals surface area (Å²) < 4.78 is 4.81. The average Bonchev–Trinajstić information content (AvgIpc) is 2.26. The minimum absolute atomic E-state index is 0.0636. The van der Waals surface area contributed by atoms with Gasteiger partial charge in [-0.05, 0) is 26.0 Å². The number of hydrogen-bond acceptors (Lipinski definition) is 4. The predicted octanol–water partition coefficient (Wildman–Crippen LogP) is 2.11. The summed E-state index contributed by atoms with van der Waals surface area (Å²) in [4.78, 5) is 13.9. The number of nitrogens with one attached hydrogen (secondary N) is 1. The van der Waals surface area contributed by atoms with Gasteiger partial charge in [-0.3, -0.25) is 0 Å². The number of ether oxygens (including phenoxy) is 1. The number of carbonyl (C=O) groups is 1. The van der Waals surface area contributed by atoms with Crippen molar-refractivity contribution in [3.05, 3.63) is 23.8 Å². The minimum Gasteiger partial charge on any atom is -0.465 e. The van der Waals surface area contributed by atoms with Gasteiger partial charge >= 0.3 is 5.97 Å². The van der Waals surface area contributed by atoms with Crippen LogP contribution in [0.1, 0.15) is 24.2 Å². The molecule has 0 atom stereocenters. The first kappa shape index (κ1) is 11.8. The molecule has 1 aromatic rings. The molecule has 1 N–H and O–H groups in total. The predicted molar refractivity (Wildman–Crippen MR) is 68.8 cm³/mol. The highest BCUT2D eigenvalue weighted by molar-refractivity contribution is 6.00. The fourth-order valence-corrected chi connectivity index (χ4v) is 2.33. The Kier molecular flexibility index (Phi) is 2.73. The summed E-state index contributed by atoms with van der Waals surface area (Å²) in [6.45, 7) is 5.12. The maximum absolute atomic E-state index is 11.7. The van der Waals surface area contributed by atoms with Crippen LogP contribution in [0.15, 0.2) is 18.2 Å². The van der Waals surface area contributed by atoms with Crippen LogP contribution >= 0.6 is 0 Å². The van der Waals surface area contributed by atoms with Gasteiger partial charge in [0.15, 0.2) is 0 Å². The molecule has 1 aliphatic heterocycles. The highest BCUT2D eigenvalue weighted by Crippen LogP contribution is 2.36. The zero-order chi connectivity index (χ0) is 12.6. The van der Waals surface area contributed by atoms with Crippen molar-refractivity contribution >= 4 is 17.3 Å². The molecule has 0 bridgehead atoms. The molecule has 17 heavy (non-hydrogen) atoms. The van der Waals surface area contributed by atoms with E-state index in [1.807, 2.05) is 19.2 Å². The van der Waals surface area contributed by atoms with E-state index >= 15 is 0 Å². The standard InChI is InChI=1S/C13H18N2O2/c1-13(2)8-15(3)10-7-5-6-9(11(10)14-13)12(16)17-4/h5-7,14H,8H2,1-4H3. The molecule has 0 amide bonds. The van der Waals surface area contributed by atoms with Crippen LogP contribution < -0.4 is 10.2 Å². The lowest BCUT2D eigenvalue weighted by Crippen LogP contribution is -2.47. The SMILES string of the molecule is COC(=O)c1cccc2c1NC(C)(C)CN2C. The van der Waals surface area contributed by atoms with E-state index in [9.17, 15) is 4.79 Å². The Morgan fingerprint density at radius 2 is 2.18 bits per heavy atom. The molecule has 0 radical (unpaired) electrons.